The molecule has 0 fully saturated rings. The second-order valence-corrected chi connectivity index (χ2v) is 7.65. The molecule has 1 amide bonds. The number of anilines is 1. The summed E-state index contributed by atoms with van der Waals surface area (Å²) in [5, 5.41) is 5.28. The molecule has 0 bridgehead atoms. The molecule has 2 aromatic carbocycles. The van der Waals surface area contributed by atoms with Crippen molar-refractivity contribution in [3.63, 3.8) is 0 Å². The van der Waals surface area contributed by atoms with Gasteiger partial charge in [0.05, 0.1) is 11.8 Å². The Morgan fingerprint density at radius 3 is 2.60 bits per heavy atom. The molecule has 3 aromatic rings. The standard InChI is InChI=1S/C17H16N4O3S/c1-25(23,24)20-21-16(13-10-18-14-8-4-2-6-11(13)14)19-15-9-5-3-7-12(15)17(21)22/h2-10,16,18-20H,1H3/t16-/m0/s1. The third-order valence-corrected chi connectivity index (χ3v) is 4.64. The number of benzene rings is 2. The Kier molecular flexibility index (Phi) is 3.52. The van der Waals surface area contributed by atoms with Gasteiger partial charge in [-0.1, -0.05) is 30.3 Å². The van der Waals surface area contributed by atoms with Gasteiger partial charge in [0.2, 0.25) is 10.0 Å². The van der Waals surface area contributed by atoms with Crippen LogP contribution in [0.2, 0.25) is 0 Å². The molecular weight excluding hydrogens is 340 g/mol. The van der Waals surface area contributed by atoms with E-state index in [1.54, 1.807) is 24.4 Å². The summed E-state index contributed by atoms with van der Waals surface area (Å²) in [5.74, 6) is -0.407. The third kappa shape index (κ3) is 2.75. The zero-order chi connectivity index (χ0) is 17.6. The summed E-state index contributed by atoms with van der Waals surface area (Å²) in [6.45, 7) is 0. The first-order chi connectivity index (χ1) is 11.9. The summed E-state index contributed by atoms with van der Waals surface area (Å²) in [5.41, 5.74) is 2.75. The van der Waals surface area contributed by atoms with Gasteiger partial charge >= 0.3 is 0 Å². The molecule has 1 aromatic heterocycles. The fourth-order valence-electron chi connectivity index (χ4n) is 3.06. The van der Waals surface area contributed by atoms with Crippen LogP contribution in [0.4, 0.5) is 5.69 Å². The monoisotopic (exact) mass is 356 g/mol. The third-order valence-electron chi connectivity index (χ3n) is 4.11. The van der Waals surface area contributed by atoms with Gasteiger partial charge in [-0.2, -0.15) is 0 Å². The lowest BCUT2D eigenvalue weighted by atomic mass is 10.0. The second kappa shape index (κ2) is 5.61. The van der Waals surface area contributed by atoms with Gasteiger partial charge in [-0.3, -0.25) is 4.79 Å². The van der Waals surface area contributed by atoms with E-state index in [2.05, 4.69) is 15.1 Å². The quantitative estimate of drug-likeness (QED) is 0.670. The van der Waals surface area contributed by atoms with Gasteiger partial charge in [-0.05, 0) is 18.2 Å². The maximum atomic E-state index is 12.9. The first-order valence-electron chi connectivity index (χ1n) is 7.66. The van der Waals surface area contributed by atoms with E-state index in [-0.39, 0.29) is 0 Å². The van der Waals surface area contributed by atoms with Crippen LogP contribution in [-0.4, -0.2) is 30.6 Å². The minimum absolute atomic E-state index is 0.407. The Morgan fingerprint density at radius 2 is 1.80 bits per heavy atom. The van der Waals surface area contributed by atoms with Crippen molar-refractivity contribution < 1.29 is 13.2 Å². The summed E-state index contributed by atoms with van der Waals surface area (Å²) in [7, 11) is -3.63. The smallest absolute Gasteiger partial charge is 0.273 e. The van der Waals surface area contributed by atoms with E-state index in [0.717, 1.165) is 27.7 Å². The van der Waals surface area contributed by atoms with Crippen LogP contribution >= 0.6 is 0 Å². The Labute approximate surface area is 144 Å². The first-order valence-corrected chi connectivity index (χ1v) is 9.56. The zero-order valence-electron chi connectivity index (χ0n) is 13.4. The predicted molar refractivity (Wildman–Crippen MR) is 95.3 cm³/mol. The van der Waals surface area contributed by atoms with Crippen molar-refractivity contribution in [3.8, 4) is 0 Å². The van der Waals surface area contributed by atoms with Gasteiger partial charge in [0.15, 0.2) is 0 Å². The summed E-state index contributed by atoms with van der Waals surface area (Å²) < 4.78 is 23.6. The molecule has 8 heteroatoms. The highest BCUT2D eigenvalue weighted by atomic mass is 32.2. The van der Waals surface area contributed by atoms with E-state index in [4.69, 9.17) is 0 Å². The van der Waals surface area contributed by atoms with Crippen molar-refractivity contribution in [2.45, 2.75) is 6.17 Å². The van der Waals surface area contributed by atoms with Crippen molar-refractivity contribution in [1.29, 1.82) is 0 Å². The molecule has 7 nitrogen and oxygen atoms in total. The molecule has 2 heterocycles. The number of hydrazine groups is 1. The number of carbonyl (C=O) groups excluding carboxylic acids is 1. The molecule has 0 unspecified atom stereocenters. The lowest BCUT2D eigenvalue weighted by molar-refractivity contribution is 0.0635. The molecule has 25 heavy (non-hydrogen) atoms. The number of para-hydroxylation sites is 2. The summed E-state index contributed by atoms with van der Waals surface area (Å²) in [6.07, 6.45) is 2.13. The largest absolute Gasteiger partial charge is 0.361 e. The summed E-state index contributed by atoms with van der Waals surface area (Å²) in [4.78, 5) is 18.4. The molecule has 1 aliphatic rings. The molecule has 4 rings (SSSR count). The molecule has 0 radical (unpaired) electrons. The van der Waals surface area contributed by atoms with Gasteiger partial charge < -0.3 is 10.3 Å². The maximum Gasteiger partial charge on any atom is 0.273 e. The summed E-state index contributed by atoms with van der Waals surface area (Å²) >= 11 is 0. The van der Waals surface area contributed by atoms with Crippen LogP contribution in [0.5, 0.6) is 0 Å². The van der Waals surface area contributed by atoms with Crippen molar-refractivity contribution in [2.24, 2.45) is 0 Å². The van der Waals surface area contributed by atoms with Crippen LogP contribution in [0.1, 0.15) is 22.1 Å². The van der Waals surface area contributed by atoms with E-state index < -0.39 is 22.1 Å². The number of aromatic nitrogens is 1. The molecule has 0 saturated carbocycles. The highest BCUT2D eigenvalue weighted by Crippen LogP contribution is 2.35. The van der Waals surface area contributed by atoms with Crippen molar-refractivity contribution >= 4 is 32.5 Å². The second-order valence-electron chi connectivity index (χ2n) is 5.92. The number of fused-ring (bicyclic) bond motifs is 2. The van der Waals surface area contributed by atoms with Crippen LogP contribution in [-0.2, 0) is 10.0 Å². The normalized spacial score (nSPS) is 17.4. The van der Waals surface area contributed by atoms with E-state index in [9.17, 15) is 13.2 Å². The Hall–Kier alpha value is -2.84. The highest BCUT2D eigenvalue weighted by molar-refractivity contribution is 7.88. The number of hydrogen-bond donors (Lipinski definition) is 3. The number of aromatic amines is 1. The lowest BCUT2D eigenvalue weighted by Crippen LogP contribution is -2.52. The van der Waals surface area contributed by atoms with Crippen LogP contribution in [0, 0.1) is 0 Å². The molecule has 0 spiro atoms. The van der Waals surface area contributed by atoms with Crippen molar-refractivity contribution in [1.82, 2.24) is 14.8 Å². The van der Waals surface area contributed by atoms with Crippen LogP contribution in [0.25, 0.3) is 10.9 Å². The molecule has 1 aliphatic heterocycles. The van der Waals surface area contributed by atoms with Gasteiger partial charge in [0, 0.05) is 28.4 Å². The van der Waals surface area contributed by atoms with Crippen molar-refractivity contribution in [3.05, 3.63) is 65.9 Å². The highest BCUT2D eigenvalue weighted by Gasteiger charge is 2.35. The number of carbonyl (C=O) groups is 1. The van der Waals surface area contributed by atoms with Crippen molar-refractivity contribution in [2.75, 3.05) is 11.6 Å². The lowest BCUT2D eigenvalue weighted by Gasteiger charge is -2.37. The minimum atomic E-state index is -3.63. The van der Waals surface area contributed by atoms with Gasteiger partial charge in [0.1, 0.15) is 6.17 Å². The Balaban J connectivity index is 1.87. The van der Waals surface area contributed by atoms with E-state index in [1.165, 1.54) is 0 Å². The van der Waals surface area contributed by atoms with Crippen LogP contribution in [0.15, 0.2) is 54.7 Å². The maximum absolute atomic E-state index is 12.9. The average Bonchev–Trinajstić information content (AvgIpc) is 3.00. The number of amides is 1. The first kappa shape index (κ1) is 15.7. The SMILES string of the molecule is CS(=O)(=O)NN1C(=O)c2ccccc2N[C@@H]1c1c[nH]c2ccccc12. The number of rotatable bonds is 3. The topological polar surface area (TPSA) is 94.3 Å². The van der Waals surface area contributed by atoms with Crippen LogP contribution in [0.3, 0.4) is 0 Å². The van der Waals surface area contributed by atoms with Gasteiger partial charge in [0.25, 0.3) is 5.91 Å². The molecule has 0 saturated heterocycles. The zero-order valence-corrected chi connectivity index (χ0v) is 14.2. The number of H-pyrrole nitrogens is 1. The Bertz CT molecular complexity index is 1070. The number of nitrogens with one attached hydrogen (secondary N) is 3. The molecular formula is C17H16N4O3S. The average molecular weight is 356 g/mol. The fourth-order valence-corrected chi connectivity index (χ4v) is 3.61. The summed E-state index contributed by atoms with van der Waals surface area (Å²) in [6, 6.07) is 14.7. The van der Waals surface area contributed by atoms with E-state index in [1.807, 2.05) is 30.3 Å². The van der Waals surface area contributed by atoms with Gasteiger partial charge in [-0.25, -0.2) is 13.4 Å². The van der Waals surface area contributed by atoms with Crippen LogP contribution < -0.4 is 10.1 Å². The number of nitrogens with zero attached hydrogens (tertiary/aromatic N) is 1. The molecule has 128 valence electrons. The molecule has 0 aliphatic carbocycles. The number of sulfonamides is 1. The fraction of sp³-hybridized carbons (Fsp3) is 0.118. The number of hydrogen-bond acceptors (Lipinski definition) is 4. The molecule has 1 atom stereocenters. The Morgan fingerprint density at radius 1 is 1.08 bits per heavy atom. The van der Waals surface area contributed by atoms with E-state index >= 15 is 0 Å². The van der Waals surface area contributed by atoms with E-state index in [0.29, 0.717) is 11.3 Å². The molecule has 3 N–H and O–H groups in total. The minimum Gasteiger partial charge on any atom is -0.361 e. The predicted octanol–water partition coefficient (Wildman–Crippen LogP) is 2.20. The van der Waals surface area contributed by atoms with Gasteiger partial charge in [-0.15, -0.1) is 4.83 Å².